The first-order valence-corrected chi connectivity index (χ1v) is 9.78. The number of hydrogen-bond donors (Lipinski definition) is 0. The standard InChI is InChI=1S/C23H23NO5/c1-3-27-14-18-17-9-5-7-11-20(17)29-21(18)23(26)28-15(2)22(25)24-13-12-16-8-4-6-10-19(16)24/h4-11,15H,3,12-14H2,1-2H3. The van der Waals surface area contributed by atoms with Crippen LogP contribution in [0.15, 0.2) is 52.9 Å². The number of carbonyl (C=O) groups is 2. The van der Waals surface area contributed by atoms with Gasteiger partial charge in [-0.2, -0.15) is 0 Å². The minimum Gasteiger partial charge on any atom is -0.449 e. The van der Waals surface area contributed by atoms with Gasteiger partial charge in [-0.25, -0.2) is 4.79 Å². The predicted octanol–water partition coefficient (Wildman–Crippen LogP) is 4.10. The lowest BCUT2D eigenvalue weighted by molar-refractivity contribution is -0.126. The summed E-state index contributed by atoms with van der Waals surface area (Å²) in [5, 5.41) is 0.806. The lowest BCUT2D eigenvalue weighted by atomic mass is 10.1. The topological polar surface area (TPSA) is 69.0 Å². The molecular formula is C23H23NO5. The Morgan fingerprint density at radius 1 is 1.14 bits per heavy atom. The normalized spacial score (nSPS) is 14.1. The number of benzene rings is 2. The van der Waals surface area contributed by atoms with Gasteiger partial charge in [0.2, 0.25) is 5.76 Å². The maximum atomic E-state index is 12.9. The van der Waals surface area contributed by atoms with Crippen LogP contribution in [0.25, 0.3) is 11.0 Å². The summed E-state index contributed by atoms with van der Waals surface area (Å²) in [6, 6.07) is 15.1. The molecule has 0 aliphatic carbocycles. The van der Waals surface area contributed by atoms with Crippen molar-refractivity contribution in [1.82, 2.24) is 0 Å². The molecule has 0 fully saturated rings. The second kappa shape index (κ2) is 8.09. The number of ether oxygens (including phenoxy) is 2. The molecule has 29 heavy (non-hydrogen) atoms. The van der Waals surface area contributed by atoms with Gasteiger partial charge < -0.3 is 18.8 Å². The third-order valence-corrected chi connectivity index (χ3v) is 5.12. The van der Waals surface area contributed by atoms with Crippen molar-refractivity contribution in [2.24, 2.45) is 0 Å². The number of anilines is 1. The lowest BCUT2D eigenvalue weighted by Gasteiger charge is -2.21. The van der Waals surface area contributed by atoms with Crippen LogP contribution < -0.4 is 4.90 Å². The number of rotatable bonds is 6. The fourth-order valence-electron chi connectivity index (χ4n) is 3.66. The van der Waals surface area contributed by atoms with Gasteiger partial charge in [-0.1, -0.05) is 36.4 Å². The molecule has 1 atom stereocenters. The highest BCUT2D eigenvalue weighted by molar-refractivity contribution is 6.01. The first-order chi connectivity index (χ1) is 14.1. The molecule has 0 saturated carbocycles. The van der Waals surface area contributed by atoms with E-state index in [0.717, 1.165) is 23.1 Å². The number of furan rings is 1. The van der Waals surface area contributed by atoms with Crippen LogP contribution in [-0.4, -0.2) is 31.1 Å². The third kappa shape index (κ3) is 3.63. The molecule has 1 aliphatic heterocycles. The fourth-order valence-corrected chi connectivity index (χ4v) is 3.66. The van der Waals surface area contributed by atoms with Crippen molar-refractivity contribution in [3.05, 3.63) is 65.4 Å². The molecule has 4 rings (SSSR count). The lowest BCUT2D eigenvalue weighted by Crippen LogP contribution is -2.39. The first kappa shape index (κ1) is 19.2. The molecule has 2 heterocycles. The van der Waals surface area contributed by atoms with Crippen molar-refractivity contribution in [1.29, 1.82) is 0 Å². The van der Waals surface area contributed by atoms with Crippen LogP contribution >= 0.6 is 0 Å². The average Bonchev–Trinajstić information content (AvgIpc) is 3.33. The zero-order valence-corrected chi connectivity index (χ0v) is 16.5. The molecule has 1 aromatic heterocycles. The van der Waals surface area contributed by atoms with E-state index in [4.69, 9.17) is 13.9 Å². The van der Waals surface area contributed by atoms with Crippen molar-refractivity contribution in [3.63, 3.8) is 0 Å². The largest absolute Gasteiger partial charge is 0.449 e. The van der Waals surface area contributed by atoms with Crippen LogP contribution in [0.5, 0.6) is 0 Å². The summed E-state index contributed by atoms with van der Waals surface area (Å²) in [6.45, 7) is 4.80. The molecule has 6 nitrogen and oxygen atoms in total. The van der Waals surface area contributed by atoms with Crippen LogP contribution in [0, 0.1) is 0 Å². The second-order valence-corrected chi connectivity index (χ2v) is 6.96. The van der Waals surface area contributed by atoms with E-state index in [-0.39, 0.29) is 18.3 Å². The molecule has 1 unspecified atom stereocenters. The number of nitrogens with zero attached hydrogens (tertiary/aromatic N) is 1. The zero-order valence-electron chi connectivity index (χ0n) is 16.5. The molecule has 6 heteroatoms. The maximum Gasteiger partial charge on any atom is 0.375 e. The van der Waals surface area contributed by atoms with Crippen molar-refractivity contribution in [3.8, 4) is 0 Å². The summed E-state index contributed by atoms with van der Waals surface area (Å²) in [5.41, 5.74) is 3.22. The molecule has 0 radical (unpaired) electrons. The molecule has 150 valence electrons. The van der Waals surface area contributed by atoms with Crippen LogP contribution in [0.2, 0.25) is 0 Å². The fraction of sp³-hybridized carbons (Fsp3) is 0.304. The summed E-state index contributed by atoms with van der Waals surface area (Å²) in [5.74, 6) is -0.823. The van der Waals surface area contributed by atoms with Crippen LogP contribution in [-0.2, 0) is 27.3 Å². The van der Waals surface area contributed by atoms with Crippen molar-refractivity contribution in [2.45, 2.75) is 33.0 Å². The minimum absolute atomic E-state index is 0.0844. The Kier molecular flexibility index (Phi) is 5.36. The Labute approximate surface area is 169 Å². The van der Waals surface area contributed by atoms with Gasteiger partial charge in [0.05, 0.1) is 6.61 Å². The molecular weight excluding hydrogens is 370 g/mol. The van der Waals surface area contributed by atoms with Crippen molar-refractivity contribution < 1.29 is 23.5 Å². The Bertz CT molecular complexity index is 1050. The van der Waals surface area contributed by atoms with Gasteiger partial charge >= 0.3 is 5.97 Å². The summed E-state index contributed by atoms with van der Waals surface area (Å²) in [6.07, 6.45) is -0.133. The van der Waals surface area contributed by atoms with Gasteiger partial charge in [-0.3, -0.25) is 4.79 Å². The molecule has 0 saturated heterocycles. The van der Waals surface area contributed by atoms with E-state index in [0.29, 0.717) is 24.3 Å². The van der Waals surface area contributed by atoms with Gasteiger partial charge in [-0.05, 0) is 38.0 Å². The van der Waals surface area contributed by atoms with E-state index < -0.39 is 12.1 Å². The quantitative estimate of drug-likeness (QED) is 0.590. The summed E-state index contributed by atoms with van der Waals surface area (Å²) < 4.78 is 16.7. The van der Waals surface area contributed by atoms with Crippen LogP contribution in [0.4, 0.5) is 5.69 Å². The Morgan fingerprint density at radius 3 is 2.72 bits per heavy atom. The van der Waals surface area contributed by atoms with Crippen LogP contribution in [0.3, 0.4) is 0 Å². The Hall–Kier alpha value is -3.12. The van der Waals surface area contributed by atoms with Gasteiger partial charge in [0.15, 0.2) is 6.10 Å². The summed E-state index contributed by atoms with van der Waals surface area (Å²) in [4.78, 5) is 27.4. The van der Waals surface area contributed by atoms with Crippen molar-refractivity contribution >= 4 is 28.5 Å². The highest BCUT2D eigenvalue weighted by atomic mass is 16.6. The second-order valence-electron chi connectivity index (χ2n) is 6.96. The van der Waals surface area contributed by atoms with Gasteiger partial charge in [-0.15, -0.1) is 0 Å². The van der Waals surface area contributed by atoms with E-state index in [1.54, 1.807) is 17.9 Å². The van der Waals surface area contributed by atoms with Crippen LogP contribution in [0.1, 0.15) is 35.5 Å². The Balaban J connectivity index is 1.54. The SMILES string of the molecule is CCOCc1c(C(=O)OC(C)C(=O)N2CCc3ccccc32)oc2ccccc12. The third-order valence-electron chi connectivity index (χ3n) is 5.12. The molecule has 1 aliphatic rings. The number of hydrogen-bond acceptors (Lipinski definition) is 5. The van der Waals surface area contributed by atoms with E-state index in [9.17, 15) is 9.59 Å². The van der Waals surface area contributed by atoms with Gasteiger partial charge in [0.1, 0.15) is 5.58 Å². The molecule has 2 aromatic carbocycles. The summed E-state index contributed by atoms with van der Waals surface area (Å²) in [7, 11) is 0. The molecule has 0 spiro atoms. The molecule has 0 N–H and O–H groups in total. The predicted molar refractivity (Wildman–Crippen MR) is 109 cm³/mol. The number of carbonyl (C=O) groups excluding carboxylic acids is 2. The highest BCUT2D eigenvalue weighted by Gasteiger charge is 2.31. The average molecular weight is 393 g/mol. The Morgan fingerprint density at radius 2 is 1.90 bits per heavy atom. The maximum absolute atomic E-state index is 12.9. The molecule has 1 amide bonds. The molecule has 3 aromatic rings. The first-order valence-electron chi connectivity index (χ1n) is 9.78. The summed E-state index contributed by atoms with van der Waals surface area (Å²) >= 11 is 0. The minimum atomic E-state index is -0.929. The van der Waals surface area contributed by atoms with Gasteiger partial charge in [0.25, 0.3) is 5.91 Å². The smallest absolute Gasteiger partial charge is 0.375 e. The van der Waals surface area contributed by atoms with Gasteiger partial charge in [0, 0.05) is 29.8 Å². The highest BCUT2D eigenvalue weighted by Crippen LogP contribution is 2.30. The number of esters is 1. The van der Waals surface area contributed by atoms with E-state index in [2.05, 4.69) is 0 Å². The van der Waals surface area contributed by atoms with E-state index in [1.165, 1.54) is 0 Å². The molecule has 0 bridgehead atoms. The zero-order chi connectivity index (χ0) is 20.4. The number of para-hydroxylation sites is 2. The number of amides is 1. The monoisotopic (exact) mass is 393 g/mol. The number of fused-ring (bicyclic) bond motifs is 2. The van der Waals surface area contributed by atoms with E-state index in [1.807, 2.05) is 49.4 Å². The van der Waals surface area contributed by atoms with E-state index >= 15 is 0 Å². The van der Waals surface area contributed by atoms with Crippen molar-refractivity contribution in [2.75, 3.05) is 18.1 Å².